The Morgan fingerprint density at radius 1 is 1.00 bits per heavy atom. The molecule has 1 amide bonds. The Hall–Kier alpha value is -3.57. The van der Waals surface area contributed by atoms with Crippen LogP contribution < -0.4 is 20.1 Å². The zero-order valence-electron chi connectivity index (χ0n) is 19.0. The van der Waals surface area contributed by atoms with E-state index in [0.717, 1.165) is 6.42 Å². The first kappa shape index (κ1) is 25.1. The summed E-state index contributed by atoms with van der Waals surface area (Å²) in [7, 11) is -3.87. The highest BCUT2D eigenvalue weighted by Gasteiger charge is 2.16. The van der Waals surface area contributed by atoms with E-state index < -0.39 is 10.0 Å². The van der Waals surface area contributed by atoms with Crippen LogP contribution in [0.3, 0.4) is 0 Å². The maximum Gasteiger partial charge on any atom is 0.264 e. The second-order valence-electron chi connectivity index (χ2n) is 7.39. The summed E-state index contributed by atoms with van der Waals surface area (Å²) in [6, 6.07) is 14.4. The highest BCUT2D eigenvalue weighted by molar-refractivity contribution is 7.92. The number of hydrogen-bond donors (Lipinski definition) is 3. The topological polar surface area (TPSA) is 122 Å². The monoisotopic (exact) mass is 499 g/mol. The van der Waals surface area contributed by atoms with Gasteiger partial charge in [0.05, 0.1) is 11.5 Å². The van der Waals surface area contributed by atoms with Gasteiger partial charge in [-0.25, -0.2) is 23.1 Å². The van der Waals surface area contributed by atoms with E-state index in [0.29, 0.717) is 35.0 Å². The molecule has 0 unspecified atom stereocenters. The lowest BCUT2D eigenvalue weighted by atomic mass is 10.2. The number of sulfonamides is 1. The van der Waals surface area contributed by atoms with Crippen molar-refractivity contribution in [3.63, 3.8) is 0 Å². The quantitative estimate of drug-likeness (QED) is 0.400. The molecule has 3 N–H and O–H groups in total. The van der Waals surface area contributed by atoms with Crippen molar-refractivity contribution in [3.05, 3.63) is 71.5 Å². The maximum atomic E-state index is 12.6. The van der Waals surface area contributed by atoms with Gasteiger partial charge < -0.3 is 10.1 Å². The largest absolute Gasteiger partial charge is 0.494 e. The van der Waals surface area contributed by atoms with Crippen molar-refractivity contribution in [2.45, 2.75) is 32.1 Å². The molecule has 0 aliphatic rings. The number of amides is 1. The van der Waals surface area contributed by atoms with Crippen LogP contribution in [0.4, 0.5) is 11.6 Å². The first-order chi connectivity index (χ1) is 16.2. The van der Waals surface area contributed by atoms with E-state index in [4.69, 9.17) is 17.0 Å². The van der Waals surface area contributed by atoms with Gasteiger partial charge in [-0.1, -0.05) is 6.92 Å². The van der Waals surface area contributed by atoms with Crippen LogP contribution in [-0.4, -0.2) is 36.0 Å². The molecule has 3 rings (SSSR count). The lowest BCUT2D eigenvalue weighted by Gasteiger charge is -2.11. The molecule has 0 aliphatic heterocycles. The van der Waals surface area contributed by atoms with Crippen molar-refractivity contribution in [3.8, 4) is 5.75 Å². The van der Waals surface area contributed by atoms with Gasteiger partial charge in [-0.15, -0.1) is 0 Å². The standard InChI is InChI=1S/C23H25N5O4S2/c1-4-13-32-19-9-5-17(6-10-19)21(29)27-23(33)26-18-7-11-20(12-8-18)34(30,31)28-22-24-15(2)14-16(3)25-22/h5-12,14H,4,13H2,1-3H3,(H,24,25,28)(H2,26,27,29,33). The number of rotatable bonds is 8. The van der Waals surface area contributed by atoms with Crippen LogP contribution in [0.25, 0.3) is 0 Å². The summed E-state index contributed by atoms with van der Waals surface area (Å²) in [6.07, 6.45) is 0.895. The highest BCUT2D eigenvalue weighted by Crippen LogP contribution is 2.17. The van der Waals surface area contributed by atoms with Crippen molar-refractivity contribution in [1.82, 2.24) is 15.3 Å². The number of aryl methyl sites for hydroxylation is 2. The number of benzene rings is 2. The Kier molecular flexibility index (Phi) is 8.13. The number of hydrogen-bond acceptors (Lipinski definition) is 7. The van der Waals surface area contributed by atoms with Gasteiger partial charge in [-0.05, 0) is 87.1 Å². The average molecular weight is 500 g/mol. The number of carbonyl (C=O) groups is 1. The van der Waals surface area contributed by atoms with Crippen molar-refractivity contribution >= 4 is 44.9 Å². The Balaban J connectivity index is 1.59. The second kappa shape index (κ2) is 11.0. The maximum absolute atomic E-state index is 12.6. The molecule has 1 aromatic heterocycles. The summed E-state index contributed by atoms with van der Waals surface area (Å²) in [4.78, 5) is 20.6. The first-order valence-electron chi connectivity index (χ1n) is 10.5. The Labute approximate surface area is 204 Å². The van der Waals surface area contributed by atoms with Gasteiger partial charge in [0.15, 0.2) is 5.11 Å². The lowest BCUT2D eigenvalue weighted by Crippen LogP contribution is -2.34. The van der Waals surface area contributed by atoms with E-state index in [1.807, 2.05) is 6.92 Å². The molecule has 0 saturated heterocycles. The number of nitrogens with one attached hydrogen (secondary N) is 3. The van der Waals surface area contributed by atoms with E-state index in [-0.39, 0.29) is 21.9 Å². The zero-order chi connectivity index (χ0) is 24.7. The summed E-state index contributed by atoms with van der Waals surface area (Å²) in [5, 5.41) is 5.53. The summed E-state index contributed by atoms with van der Waals surface area (Å²) < 4.78 is 33.2. The highest BCUT2D eigenvalue weighted by atomic mass is 32.2. The smallest absolute Gasteiger partial charge is 0.264 e. The van der Waals surface area contributed by atoms with Crippen LogP contribution >= 0.6 is 12.2 Å². The first-order valence-corrected chi connectivity index (χ1v) is 12.4. The molecule has 11 heteroatoms. The van der Waals surface area contributed by atoms with Crippen LogP contribution in [0.2, 0.25) is 0 Å². The summed E-state index contributed by atoms with van der Waals surface area (Å²) in [6.45, 7) is 6.13. The molecule has 0 atom stereocenters. The minimum absolute atomic E-state index is 0.00792. The number of thiocarbonyl (C=S) groups is 1. The van der Waals surface area contributed by atoms with E-state index in [1.54, 1.807) is 44.2 Å². The molecule has 9 nitrogen and oxygen atoms in total. The second-order valence-corrected chi connectivity index (χ2v) is 9.48. The molecule has 0 bridgehead atoms. The third-order valence-corrected chi connectivity index (χ3v) is 6.00. The van der Waals surface area contributed by atoms with Gasteiger partial charge >= 0.3 is 0 Å². The van der Waals surface area contributed by atoms with Gasteiger partial charge in [0.1, 0.15) is 5.75 Å². The molecule has 1 heterocycles. The predicted molar refractivity (Wildman–Crippen MR) is 135 cm³/mol. The molecule has 0 saturated carbocycles. The Morgan fingerprint density at radius 3 is 2.21 bits per heavy atom. The van der Waals surface area contributed by atoms with Crippen LogP contribution in [0.5, 0.6) is 5.75 Å². The van der Waals surface area contributed by atoms with Gasteiger partial charge in [0, 0.05) is 22.6 Å². The van der Waals surface area contributed by atoms with Gasteiger partial charge in [0.2, 0.25) is 5.95 Å². The molecule has 0 radical (unpaired) electrons. The third-order valence-electron chi connectivity index (χ3n) is 4.45. The molecule has 0 aliphatic carbocycles. The Bertz CT molecular complexity index is 1260. The predicted octanol–water partition coefficient (Wildman–Crippen LogP) is 3.81. The number of anilines is 2. The molecule has 178 valence electrons. The molecule has 34 heavy (non-hydrogen) atoms. The number of carbonyl (C=O) groups excluding carboxylic acids is 1. The van der Waals surface area contributed by atoms with Gasteiger partial charge in [-0.3, -0.25) is 10.1 Å². The number of aromatic nitrogens is 2. The molecule has 0 fully saturated rings. The summed E-state index contributed by atoms with van der Waals surface area (Å²) in [5.41, 5.74) is 2.24. The fourth-order valence-corrected chi connectivity index (χ4v) is 4.08. The third kappa shape index (κ3) is 6.96. The normalized spacial score (nSPS) is 10.9. The van der Waals surface area contributed by atoms with Gasteiger partial charge in [-0.2, -0.15) is 0 Å². The molecule has 0 spiro atoms. The van der Waals surface area contributed by atoms with E-state index >= 15 is 0 Å². The minimum Gasteiger partial charge on any atom is -0.494 e. The van der Waals surface area contributed by atoms with Crippen LogP contribution in [0.1, 0.15) is 35.1 Å². The molecular weight excluding hydrogens is 474 g/mol. The molecule has 2 aromatic carbocycles. The lowest BCUT2D eigenvalue weighted by molar-refractivity contribution is 0.0977. The number of ether oxygens (including phenoxy) is 1. The van der Waals surface area contributed by atoms with Crippen LogP contribution in [-0.2, 0) is 10.0 Å². The van der Waals surface area contributed by atoms with Crippen LogP contribution in [0.15, 0.2) is 59.5 Å². The van der Waals surface area contributed by atoms with Crippen molar-refractivity contribution in [1.29, 1.82) is 0 Å². The Morgan fingerprint density at radius 2 is 1.62 bits per heavy atom. The average Bonchev–Trinajstić information content (AvgIpc) is 2.77. The minimum atomic E-state index is -3.87. The van der Waals surface area contributed by atoms with E-state index in [2.05, 4.69) is 25.3 Å². The number of nitrogens with zero attached hydrogens (tertiary/aromatic N) is 2. The SMILES string of the molecule is CCCOc1ccc(C(=O)NC(=S)Nc2ccc(S(=O)(=O)Nc3nc(C)cc(C)n3)cc2)cc1. The van der Waals surface area contributed by atoms with E-state index in [1.165, 1.54) is 24.3 Å². The summed E-state index contributed by atoms with van der Waals surface area (Å²) >= 11 is 5.20. The molecule has 3 aromatic rings. The van der Waals surface area contributed by atoms with Crippen molar-refractivity contribution in [2.75, 3.05) is 16.6 Å². The fraction of sp³-hybridized carbons (Fsp3) is 0.217. The van der Waals surface area contributed by atoms with Gasteiger partial charge in [0.25, 0.3) is 15.9 Å². The molecular formula is C23H25N5O4S2. The van der Waals surface area contributed by atoms with Crippen LogP contribution in [0, 0.1) is 13.8 Å². The van der Waals surface area contributed by atoms with Crippen molar-refractivity contribution < 1.29 is 17.9 Å². The van der Waals surface area contributed by atoms with E-state index in [9.17, 15) is 13.2 Å². The fourth-order valence-electron chi connectivity index (χ4n) is 2.93. The summed E-state index contributed by atoms with van der Waals surface area (Å²) in [5.74, 6) is 0.317. The zero-order valence-corrected chi connectivity index (χ0v) is 20.6. The van der Waals surface area contributed by atoms with Crippen molar-refractivity contribution in [2.24, 2.45) is 0 Å².